The second-order valence-corrected chi connectivity index (χ2v) is 10.3. The van der Waals surface area contributed by atoms with Crippen LogP contribution >= 0.6 is 0 Å². The van der Waals surface area contributed by atoms with Gasteiger partial charge < -0.3 is 10.2 Å². The average molecular weight is 335 g/mol. The molecule has 0 amide bonds. The van der Waals surface area contributed by atoms with Crippen LogP contribution in [0.2, 0.25) is 0 Å². The van der Waals surface area contributed by atoms with Crippen molar-refractivity contribution in [2.24, 2.45) is 40.4 Å². The molecular weight excluding hydrogens is 296 g/mol. The van der Waals surface area contributed by atoms with Gasteiger partial charge in [-0.05, 0) is 105 Å². The van der Waals surface area contributed by atoms with Crippen LogP contribution in [0.15, 0.2) is 0 Å². The summed E-state index contributed by atoms with van der Waals surface area (Å²) < 4.78 is 0. The van der Waals surface area contributed by atoms with Crippen molar-refractivity contribution in [2.75, 3.05) is 0 Å². The van der Waals surface area contributed by atoms with Crippen molar-refractivity contribution in [1.29, 1.82) is 0 Å². The molecule has 4 saturated carbocycles. The molecule has 0 radical (unpaired) electrons. The normalized spacial score (nSPS) is 55.4. The van der Waals surface area contributed by atoms with Gasteiger partial charge in [0.1, 0.15) is 0 Å². The molecule has 0 aliphatic heterocycles. The van der Waals surface area contributed by atoms with Crippen LogP contribution in [0.1, 0.15) is 85.0 Å². The van der Waals surface area contributed by atoms with Gasteiger partial charge in [-0.15, -0.1) is 0 Å². The van der Waals surface area contributed by atoms with E-state index in [1.807, 2.05) is 0 Å². The molecule has 0 aromatic heterocycles. The van der Waals surface area contributed by atoms with Gasteiger partial charge in [0, 0.05) is 0 Å². The fourth-order valence-corrected chi connectivity index (χ4v) is 8.19. The summed E-state index contributed by atoms with van der Waals surface area (Å²) in [5.74, 6) is 3.89. The summed E-state index contributed by atoms with van der Waals surface area (Å²) in [6.45, 7) is 7.23. The number of aliphatic hydroxyl groups excluding tert-OH is 2. The number of aliphatic hydroxyl groups is 2. The highest BCUT2D eigenvalue weighted by molar-refractivity contribution is 5.09. The summed E-state index contributed by atoms with van der Waals surface area (Å²) in [6, 6.07) is 0. The smallest absolute Gasteiger partial charge is 0.0571 e. The monoisotopic (exact) mass is 334 g/mol. The molecule has 0 heterocycles. The Morgan fingerprint density at radius 3 is 2.38 bits per heavy atom. The van der Waals surface area contributed by atoms with Gasteiger partial charge in [-0.2, -0.15) is 0 Å². The van der Waals surface area contributed by atoms with Crippen molar-refractivity contribution < 1.29 is 10.2 Å². The SMILES string of the molecule is CCC(O)[C@H]1CC[C@H]2[C@@H]3CC[C@H]4C[C@@H](O)CC[C@]4(C)[C@H]3CC[C@]12C. The molecule has 4 fully saturated rings. The van der Waals surface area contributed by atoms with Crippen molar-refractivity contribution in [3.8, 4) is 0 Å². The molecule has 2 N–H and O–H groups in total. The zero-order valence-electron chi connectivity index (χ0n) is 16.0. The first-order valence-electron chi connectivity index (χ1n) is 10.8. The lowest BCUT2D eigenvalue weighted by molar-refractivity contribution is -0.133. The topological polar surface area (TPSA) is 40.5 Å². The molecule has 1 unspecified atom stereocenters. The Hall–Kier alpha value is -0.0800. The third kappa shape index (κ3) is 2.35. The molecule has 2 heteroatoms. The molecule has 4 aliphatic carbocycles. The molecule has 0 spiro atoms. The van der Waals surface area contributed by atoms with Gasteiger partial charge in [0.15, 0.2) is 0 Å². The van der Waals surface area contributed by atoms with E-state index in [9.17, 15) is 10.2 Å². The van der Waals surface area contributed by atoms with Crippen LogP contribution in [-0.4, -0.2) is 22.4 Å². The third-order valence-electron chi connectivity index (χ3n) is 9.59. The Bertz CT molecular complexity index is 477. The quantitative estimate of drug-likeness (QED) is 0.763. The average Bonchev–Trinajstić information content (AvgIpc) is 2.92. The molecule has 0 bridgehead atoms. The van der Waals surface area contributed by atoms with Gasteiger partial charge >= 0.3 is 0 Å². The van der Waals surface area contributed by atoms with E-state index in [1.54, 1.807) is 0 Å². The molecule has 9 atom stereocenters. The summed E-state index contributed by atoms with van der Waals surface area (Å²) in [5, 5.41) is 20.7. The van der Waals surface area contributed by atoms with Crippen LogP contribution in [0.5, 0.6) is 0 Å². The standard InChI is InChI=1S/C22H38O2/c1-4-20(24)19-8-7-17-16-6-5-14-13-15(23)9-11-21(14,2)18(16)10-12-22(17,19)3/h14-20,23-24H,4-13H2,1-3H3/t14-,15-,16-,17-,18-,19+,20?,21-,22-/m0/s1. The Morgan fingerprint density at radius 1 is 0.917 bits per heavy atom. The van der Waals surface area contributed by atoms with E-state index in [2.05, 4.69) is 20.8 Å². The molecule has 138 valence electrons. The van der Waals surface area contributed by atoms with Gasteiger partial charge in [-0.3, -0.25) is 0 Å². The fourth-order valence-electron chi connectivity index (χ4n) is 8.19. The molecule has 0 aromatic carbocycles. The summed E-state index contributed by atoms with van der Waals surface area (Å²) in [5.41, 5.74) is 0.860. The predicted octanol–water partition coefficient (Wildman–Crippen LogP) is 4.78. The Labute approximate surface area is 148 Å². The minimum Gasteiger partial charge on any atom is -0.393 e. The second-order valence-electron chi connectivity index (χ2n) is 10.3. The Morgan fingerprint density at radius 2 is 1.62 bits per heavy atom. The number of fused-ring (bicyclic) bond motifs is 5. The zero-order chi connectivity index (χ0) is 17.1. The van der Waals surface area contributed by atoms with Crippen LogP contribution in [0.4, 0.5) is 0 Å². The van der Waals surface area contributed by atoms with Crippen LogP contribution < -0.4 is 0 Å². The van der Waals surface area contributed by atoms with Gasteiger partial charge in [0.2, 0.25) is 0 Å². The summed E-state index contributed by atoms with van der Waals surface area (Å²) >= 11 is 0. The van der Waals surface area contributed by atoms with Crippen LogP contribution in [-0.2, 0) is 0 Å². The van der Waals surface area contributed by atoms with Crippen molar-refractivity contribution in [3.05, 3.63) is 0 Å². The lowest BCUT2D eigenvalue weighted by Gasteiger charge is -2.61. The first-order valence-corrected chi connectivity index (χ1v) is 10.8. The first-order chi connectivity index (χ1) is 11.4. The lowest BCUT2D eigenvalue weighted by atomic mass is 9.44. The number of hydrogen-bond acceptors (Lipinski definition) is 2. The Kier molecular flexibility index (Phi) is 4.32. The van der Waals surface area contributed by atoms with Gasteiger partial charge in [0.25, 0.3) is 0 Å². The maximum Gasteiger partial charge on any atom is 0.0571 e. The zero-order valence-corrected chi connectivity index (χ0v) is 16.0. The number of rotatable bonds is 2. The molecule has 4 aliphatic rings. The molecule has 0 aromatic rings. The summed E-state index contributed by atoms with van der Waals surface area (Å²) in [6.07, 6.45) is 12.1. The summed E-state index contributed by atoms with van der Waals surface area (Å²) in [4.78, 5) is 0. The van der Waals surface area contributed by atoms with E-state index in [0.717, 1.165) is 42.9 Å². The van der Waals surface area contributed by atoms with Crippen LogP contribution in [0, 0.1) is 40.4 Å². The highest BCUT2D eigenvalue weighted by atomic mass is 16.3. The maximum absolute atomic E-state index is 10.6. The minimum absolute atomic E-state index is 0.0379. The van der Waals surface area contributed by atoms with E-state index < -0.39 is 0 Å². The first kappa shape index (κ1) is 17.3. The van der Waals surface area contributed by atoms with Gasteiger partial charge in [-0.1, -0.05) is 20.8 Å². The largest absolute Gasteiger partial charge is 0.393 e. The van der Waals surface area contributed by atoms with Gasteiger partial charge in [0.05, 0.1) is 12.2 Å². The van der Waals surface area contributed by atoms with Crippen molar-refractivity contribution in [2.45, 2.75) is 97.2 Å². The van der Waals surface area contributed by atoms with Crippen molar-refractivity contribution in [1.82, 2.24) is 0 Å². The van der Waals surface area contributed by atoms with Crippen molar-refractivity contribution in [3.63, 3.8) is 0 Å². The van der Waals surface area contributed by atoms with Crippen molar-refractivity contribution >= 4 is 0 Å². The minimum atomic E-state index is -0.0895. The number of hydrogen-bond donors (Lipinski definition) is 2. The van der Waals surface area contributed by atoms with E-state index in [-0.39, 0.29) is 12.2 Å². The lowest BCUT2D eigenvalue weighted by Crippen LogP contribution is -2.54. The molecule has 2 nitrogen and oxygen atoms in total. The molecule has 0 saturated heterocycles. The Balaban J connectivity index is 1.59. The van der Waals surface area contributed by atoms with E-state index in [0.29, 0.717) is 16.7 Å². The fraction of sp³-hybridized carbons (Fsp3) is 1.00. The second kappa shape index (κ2) is 5.98. The highest BCUT2D eigenvalue weighted by Gasteiger charge is 2.60. The van der Waals surface area contributed by atoms with Crippen LogP contribution in [0.3, 0.4) is 0 Å². The van der Waals surface area contributed by atoms with Crippen LogP contribution in [0.25, 0.3) is 0 Å². The molecular formula is C22H38O2. The molecule has 4 rings (SSSR count). The van der Waals surface area contributed by atoms with Gasteiger partial charge in [-0.25, -0.2) is 0 Å². The predicted molar refractivity (Wildman–Crippen MR) is 97.5 cm³/mol. The van der Waals surface area contributed by atoms with E-state index in [4.69, 9.17) is 0 Å². The highest BCUT2D eigenvalue weighted by Crippen LogP contribution is 2.67. The maximum atomic E-state index is 10.6. The van der Waals surface area contributed by atoms with E-state index >= 15 is 0 Å². The molecule has 24 heavy (non-hydrogen) atoms. The third-order valence-corrected chi connectivity index (χ3v) is 9.59. The summed E-state index contributed by atoms with van der Waals surface area (Å²) in [7, 11) is 0. The van der Waals surface area contributed by atoms with E-state index in [1.165, 1.54) is 44.9 Å².